The highest BCUT2D eigenvalue weighted by Gasteiger charge is 2.08. The van der Waals surface area contributed by atoms with Gasteiger partial charge in [-0.15, -0.1) is 9.73 Å². The van der Waals surface area contributed by atoms with Crippen LogP contribution in [-0.2, 0) is 0 Å². The first-order valence-electron chi connectivity index (χ1n) is 2.96. The molecule has 0 saturated carbocycles. The summed E-state index contributed by atoms with van der Waals surface area (Å²) in [6.45, 7) is 0. The summed E-state index contributed by atoms with van der Waals surface area (Å²) in [4.78, 5) is 0. The highest BCUT2D eigenvalue weighted by atomic mass is 35.5. The first-order valence-corrected chi connectivity index (χ1v) is 3.33. The Morgan fingerprint density at radius 1 is 1.58 bits per heavy atom. The normalized spacial score (nSPS) is 10.0. The maximum Gasteiger partial charge on any atom is 0.219 e. The summed E-state index contributed by atoms with van der Waals surface area (Å²) in [5.74, 6) is 0. The summed E-state index contributed by atoms with van der Waals surface area (Å²) in [5.41, 5.74) is 0.551. The van der Waals surface area contributed by atoms with Gasteiger partial charge in [0, 0.05) is 0 Å². The molecule has 7 heteroatoms. The molecule has 0 aromatic carbocycles. The molecule has 0 amide bonds. The zero-order chi connectivity index (χ0) is 8.55. The number of nitriles is 1. The molecule has 0 fully saturated rings. The molecule has 0 aliphatic carbocycles. The lowest BCUT2D eigenvalue weighted by atomic mass is 10.3. The molecular formula is C5HClN6. The van der Waals surface area contributed by atoms with E-state index in [1.165, 1.54) is 6.20 Å². The Balaban J connectivity index is 2.89. The molecule has 2 aromatic heterocycles. The van der Waals surface area contributed by atoms with E-state index in [4.69, 9.17) is 16.9 Å². The first-order chi connectivity index (χ1) is 5.83. The zero-order valence-corrected chi connectivity index (χ0v) is 6.39. The molecule has 0 spiro atoms. The molecule has 58 valence electrons. The number of hydrogen-bond donors (Lipinski definition) is 0. The highest BCUT2D eigenvalue weighted by molar-refractivity contribution is 6.34. The van der Waals surface area contributed by atoms with E-state index in [-0.39, 0.29) is 16.2 Å². The van der Waals surface area contributed by atoms with Crippen LogP contribution in [0.25, 0.3) is 5.65 Å². The van der Waals surface area contributed by atoms with Gasteiger partial charge in [0.2, 0.25) is 5.65 Å². The average molecular weight is 181 g/mol. The molecule has 0 N–H and O–H groups in total. The van der Waals surface area contributed by atoms with Gasteiger partial charge < -0.3 is 0 Å². The summed E-state index contributed by atoms with van der Waals surface area (Å²) in [6, 6.07) is 1.87. The van der Waals surface area contributed by atoms with Crippen LogP contribution in [0.2, 0.25) is 5.02 Å². The molecule has 0 saturated heterocycles. The molecule has 0 aliphatic rings. The molecule has 0 aliphatic heterocycles. The topological polar surface area (TPSA) is 79.8 Å². The van der Waals surface area contributed by atoms with E-state index < -0.39 is 0 Å². The second-order valence-corrected chi connectivity index (χ2v) is 2.35. The Labute approximate surface area is 71.4 Å². The number of tetrazole rings is 1. The van der Waals surface area contributed by atoms with E-state index in [1.54, 1.807) is 0 Å². The Morgan fingerprint density at radius 3 is 3.17 bits per heavy atom. The van der Waals surface area contributed by atoms with Crippen LogP contribution in [0, 0.1) is 11.3 Å². The largest absolute Gasteiger partial charge is 0.219 e. The Bertz CT molecular complexity index is 468. The average Bonchev–Trinajstić information content (AvgIpc) is 2.53. The van der Waals surface area contributed by atoms with Gasteiger partial charge in [-0.25, -0.2) is 0 Å². The van der Waals surface area contributed by atoms with Gasteiger partial charge in [-0.3, -0.25) is 0 Å². The van der Waals surface area contributed by atoms with E-state index >= 15 is 0 Å². The van der Waals surface area contributed by atoms with E-state index in [1.807, 2.05) is 6.07 Å². The van der Waals surface area contributed by atoms with Gasteiger partial charge in [-0.05, 0) is 10.4 Å². The van der Waals surface area contributed by atoms with Crippen molar-refractivity contribution in [3.63, 3.8) is 0 Å². The lowest BCUT2D eigenvalue weighted by molar-refractivity contribution is 0.732. The predicted octanol–water partition coefficient (Wildman–Crippen LogP) is 0.0444. The van der Waals surface area contributed by atoms with Crippen LogP contribution in [0.1, 0.15) is 5.56 Å². The van der Waals surface area contributed by atoms with Crippen molar-refractivity contribution < 1.29 is 0 Å². The number of fused-ring (bicyclic) bond motifs is 1. The van der Waals surface area contributed by atoms with Crippen molar-refractivity contribution >= 4 is 17.2 Å². The van der Waals surface area contributed by atoms with Gasteiger partial charge >= 0.3 is 0 Å². The molecule has 0 unspecified atom stereocenters. The Morgan fingerprint density at radius 2 is 2.42 bits per heavy atom. The summed E-state index contributed by atoms with van der Waals surface area (Å²) in [5, 5.41) is 23.0. The van der Waals surface area contributed by atoms with Crippen LogP contribution < -0.4 is 0 Å². The lowest BCUT2D eigenvalue weighted by Crippen LogP contribution is -1.95. The quantitative estimate of drug-likeness (QED) is 0.572. The van der Waals surface area contributed by atoms with Crippen molar-refractivity contribution in [2.75, 3.05) is 0 Å². The van der Waals surface area contributed by atoms with Crippen LogP contribution in [0.15, 0.2) is 6.20 Å². The van der Waals surface area contributed by atoms with E-state index in [9.17, 15) is 0 Å². The van der Waals surface area contributed by atoms with E-state index in [2.05, 4.69) is 20.6 Å². The smallest absolute Gasteiger partial charge is 0.192 e. The SMILES string of the molecule is N#Cc1cnn2nnnc2c1Cl. The maximum atomic E-state index is 8.56. The molecule has 0 bridgehead atoms. The summed E-state index contributed by atoms with van der Waals surface area (Å²) >= 11 is 5.76. The third-order valence-corrected chi connectivity index (χ3v) is 1.68. The summed E-state index contributed by atoms with van der Waals surface area (Å²) in [7, 11) is 0. The number of aromatic nitrogens is 5. The molecule has 0 atom stereocenters. The predicted molar refractivity (Wildman–Crippen MR) is 38.3 cm³/mol. The first kappa shape index (κ1) is 6.94. The zero-order valence-electron chi connectivity index (χ0n) is 5.64. The maximum absolute atomic E-state index is 8.56. The number of hydrogen-bond acceptors (Lipinski definition) is 5. The van der Waals surface area contributed by atoms with Gasteiger partial charge in [-0.1, -0.05) is 11.6 Å². The van der Waals surface area contributed by atoms with Crippen LogP contribution in [0.3, 0.4) is 0 Å². The second-order valence-electron chi connectivity index (χ2n) is 1.98. The van der Waals surface area contributed by atoms with Crippen molar-refractivity contribution in [1.82, 2.24) is 25.3 Å². The summed E-state index contributed by atoms with van der Waals surface area (Å²) in [6.07, 6.45) is 1.31. The van der Waals surface area contributed by atoms with Crippen LogP contribution in [0.4, 0.5) is 0 Å². The Hall–Kier alpha value is -1.74. The molecular weight excluding hydrogens is 180 g/mol. The molecule has 0 radical (unpaired) electrons. The number of nitrogens with zero attached hydrogens (tertiary/aromatic N) is 6. The molecule has 2 aromatic rings. The van der Waals surface area contributed by atoms with Crippen LogP contribution >= 0.6 is 11.6 Å². The Kier molecular flexibility index (Phi) is 1.38. The van der Waals surface area contributed by atoms with E-state index in [0.29, 0.717) is 0 Å². The second kappa shape index (κ2) is 2.39. The lowest BCUT2D eigenvalue weighted by Gasteiger charge is -1.92. The molecule has 2 rings (SSSR count). The minimum absolute atomic E-state index is 0.220. The van der Waals surface area contributed by atoms with Gasteiger partial charge in [0.25, 0.3) is 0 Å². The minimum atomic E-state index is 0.220. The number of rotatable bonds is 0. The fraction of sp³-hybridized carbons (Fsp3) is 0. The third-order valence-electron chi connectivity index (χ3n) is 1.30. The highest BCUT2D eigenvalue weighted by Crippen LogP contribution is 2.16. The van der Waals surface area contributed by atoms with Gasteiger partial charge in [0.1, 0.15) is 11.1 Å². The van der Waals surface area contributed by atoms with Crippen molar-refractivity contribution in [3.05, 3.63) is 16.8 Å². The van der Waals surface area contributed by atoms with E-state index in [0.717, 1.165) is 4.63 Å². The van der Waals surface area contributed by atoms with Gasteiger partial charge in [0.15, 0.2) is 0 Å². The van der Waals surface area contributed by atoms with Crippen LogP contribution in [0.5, 0.6) is 0 Å². The number of halogens is 1. The van der Waals surface area contributed by atoms with Gasteiger partial charge in [0.05, 0.1) is 11.8 Å². The minimum Gasteiger partial charge on any atom is -0.192 e. The fourth-order valence-electron chi connectivity index (χ4n) is 0.760. The fourth-order valence-corrected chi connectivity index (χ4v) is 0.964. The van der Waals surface area contributed by atoms with Gasteiger partial charge in [-0.2, -0.15) is 10.4 Å². The van der Waals surface area contributed by atoms with Crippen molar-refractivity contribution in [1.29, 1.82) is 5.26 Å². The summed E-state index contributed by atoms with van der Waals surface area (Å²) < 4.78 is 1.16. The standard InChI is InChI=1S/C5HClN6/c6-4-3(1-7)2-8-12-5(4)9-10-11-12/h2H. The van der Waals surface area contributed by atoms with Crippen molar-refractivity contribution in [3.8, 4) is 6.07 Å². The van der Waals surface area contributed by atoms with Crippen molar-refractivity contribution in [2.45, 2.75) is 0 Å². The van der Waals surface area contributed by atoms with Crippen molar-refractivity contribution in [2.24, 2.45) is 0 Å². The monoisotopic (exact) mass is 180 g/mol. The third kappa shape index (κ3) is 0.805. The van der Waals surface area contributed by atoms with Crippen LogP contribution in [-0.4, -0.2) is 25.3 Å². The molecule has 2 heterocycles. The molecule has 12 heavy (non-hydrogen) atoms. The molecule has 6 nitrogen and oxygen atoms in total.